The summed E-state index contributed by atoms with van der Waals surface area (Å²) < 4.78 is 2.53. The molecule has 73 heavy (non-hydrogen) atoms. The highest BCUT2D eigenvalue weighted by atomic mass is 15.0. The van der Waals surface area contributed by atoms with E-state index in [9.17, 15) is 0 Å². The number of benzene rings is 10. The Morgan fingerprint density at radius 1 is 0.315 bits per heavy atom. The minimum atomic E-state index is -0.257. The Morgan fingerprint density at radius 3 is 1.60 bits per heavy atom. The Kier molecular flexibility index (Phi) is 8.73. The van der Waals surface area contributed by atoms with Gasteiger partial charge in [-0.05, 0) is 114 Å². The highest BCUT2D eigenvalue weighted by Crippen LogP contribution is 2.60. The van der Waals surface area contributed by atoms with E-state index >= 15 is 0 Å². The van der Waals surface area contributed by atoms with Gasteiger partial charge in [0.15, 0.2) is 17.5 Å². The average Bonchev–Trinajstić information content (AvgIpc) is 3.97. The molecule has 3 heterocycles. The van der Waals surface area contributed by atoms with E-state index in [0.29, 0.717) is 17.5 Å². The smallest absolute Gasteiger partial charge is 0.164 e. The second-order valence-corrected chi connectivity index (χ2v) is 21.1. The van der Waals surface area contributed by atoms with Gasteiger partial charge in [-0.2, -0.15) is 0 Å². The van der Waals surface area contributed by atoms with Crippen LogP contribution in [0.4, 0.5) is 0 Å². The first-order valence-corrected chi connectivity index (χ1v) is 25.4. The lowest BCUT2D eigenvalue weighted by atomic mass is 9.77. The van der Waals surface area contributed by atoms with Gasteiger partial charge in [0.25, 0.3) is 0 Å². The fraction of sp³-hybridized carbons (Fsp3) is 0.0870. The maximum Gasteiger partial charge on any atom is 0.164 e. The molecule has 344 valence electrons. The minimum absolute atomic E-state index is 0.176. The first-order valence-electron chi connectivity index (χ1n) is 25.4. The van der Waals surface area contributed by atoms with Crippen molar-refractivity contribution in [1.29, 1.82) is 0 Å². The molecule has 0 amide bonds. The Balaban J connectivity index is 0.907. The molecule has 3 aliphatic rings. The normalized spacial score (nSPS) is 14.0. The predicted octanol–water partition coefficient (Wildman–Crippen LogP) is 17.6. The van der Waals surface area contributed by atoms with Crippen molar-refractivity contribution in [1.82, 2.24) is 19.5 Å². The number of para-hydroxylation sites is 2. The number of fused-ring (bicyclic) bond motifs is 9. The van der Waals surface area contributed by atoms with Gasteiger partial charge in [0.05, 0.1) is 16.7 Å². The molecule has 0 fully saturated rings. The van der Waals surface area contributed by atoms with Crippen LogP contribution in [-0.4, -0.2) is 19.5 Å². The number of hydrogen-bond donors (Lipinski definition) is 0. The summed E-state index contributed by atoms with van der Waals surface area (Å²) in [5, 5.41) is 2.58. The third-order valence-corrected chi connectivity index (χ3v) is 16.4. The molecule has 2 aromatic heterocycles. The molecule has 0 unspecified atom stereocenters. The van der Waals surface area contributed by atoms with Gasteiger partial charge in [-0.1, -0.05) is 210 Å². The second-order valence-electron chi connectivity index (χ2n) is 21.1. The van der Waals surface area contributed by atoms with Crippen molar-refractivity contribution >= 4 is 21.8 Å². The summed E-state index contributed by atoms with van der Waals surface area (Å²) in [6, 6.07) is 79.7. The number of rotatable bonds is 6. The van der Waals surface area contributed by atoms with Crippen LogP contribution in [0.1, 0.15) is 49.9 Å². The monoisotopic (exact) mass is 932 g/mol. The van der Waals surface area contributed by atoms with E-state index < -0.39 is 0 Å². The van der Waals surface area contributed by atoms with E-state index in [0.717, 1.165) is 44.5 Å². The van der Waals surface area contributed by atoms with E-state index in [1.165, 1.54) is 88.7 Å². The Labute approximate surface area is 425 Å². The molecule has 0 bridgehead atoms. The summed E-state index contributed by atoms with van der Waals surface area (Å²) in [5.74, 6) is 1.91. The zero-order chi connectivity index (χ0) is 48.7. The summed E-state index contributed by atoms with van der Waals surface area (Å²) in [4.78, 5) is 16.1. The first-order chi connectivity index (χ1) is 35.7. The van der Waals surface area contributed by atoms with Crippen molar-refractivity contribution in [2.24, 2.45) is 0 Å². The lowest BCUT2D eigenvalue weighted by molar-refractivity contribution is 0.660. The van der Waals surface area contributed by atoms with Crippen LogP contribution in [0.5, 0.6) is 0 Å². The summed E-state index contributed by atoms with van der Waals surface area (Å²) in [7, 11) is 0. The third kappa shape index (κ3) is 6.04. The van der Waals surface area contributed by atoms with Crippen molar-refractivity contribution in [3.05, 3.63) is 241 Å². The highest BCUT2D eigenvalue weighted by Gasteiger charge is 2.43. The van der Waals surface area contributed by atoms with Crippen LogP contribution in [0, 0.1) is 0 Å². The Hall–Kier alpha value is -8.99. The summed E-state index contributed by atoms with van der Waals surface area (Å²) >= 11 is 0. The minimum Gasteiger partial charge on any atom is -0.308 e. The van der Waals surface area contributed by atoms with Crippen LogP contribution in [0.25, 0.3) is 128 Å². The standard InChI is InChI=1S/C69H48N4/c1-68(2)56-24-14-11-21-50(56)51-32-31-45(40-58(51)68)66-70-65(71-67(72-66)48-38-46(41-17-7-5-8-18-41)37-47(39-48)42-19-9-6-10-20-42)44-29-27-43(28-30-44)49-33-34-54-52-22-12-15-25-59(52)73-60-26-16-13-23-53(60)55-35-36-57-62(64(55)73)61(54)63(49)69(57,3)4/h5-40H,1-4H3. The van der Waals surface area contributed by atoms with Gasteiger partial charge in [-0.3, -0.25) is 0 Å². The van der Waals surface area contributed by atoms with Gasteiger partial charge in [-0.15, -0.1) is 0 Å². The van der Waals surface area contributed by atoms with Crippen LogP contribution >= 0.6 is 0 Å². The highest BCUT2D eigenvalue weighted by molar-refractivity contribution is 6.19. The third-order valence-electron chi connectivity index (χ3n) is 16.4. The van der Waals surface area contributed by atoms with Crippen LogP contribution in [0.3, 0.4) is 0 Å². The molecule has 12 aromatic rings. The molecule has 15 rings (SSSR count). The number of hydrogen-bond acceptors (Lipinski definition) is 3. The van der Waals surface area contributed by atoms with Gasteiger partial charge in [0, 0.05) is 49.4 Å². The van der Waals surface area contributed by atoms with Crippen molar-refractivity contribution in [2.75, 3.05) is 0 Å². The Bertz CT molecular complexity index is 4230. The van der Waals surface area contributed by atoms with Gasteiger partial charge in [0.2, 0.25) is 0 Å². The Morgan fingerprint density at radius 2 is 0.863 bits per heavy atom. The zero-order valence-corrected chi connectivity index (χ0v) is 41.1. The topological polar surface area (TPSA) is 43.6 Å². The molecule has 10 aromatic carbocycles. The molecule has 0 spiro atoms. The molecule has 0 radical (unpaired) electrons. The lowest BCUT2D eigenvalue weighted by Gasteiger charge is -2.26. The van der Waals surface area contributed by atoms with E-state index in [-0.39, 0.29) is 10.8 Å². The van der Waals surface area contributed by atoms with E-state index in [4.69, 9.17) is 15.0 Å². The van der Waals surface area contributed by atoms with Crippen molar-refractivity contribution in [3.63, 3.8) is 0 Å². The van der Waals surface area contributed by atoms with Gasteiger partial charge < -0.3 is 4.57 Å². The van der Waals surface area contributed by atoms with Crippen molar-refractivity contribution < 1.29 is 0 Å². The molecule has 4 nitrogen and oxygen atoms in total. The first kappa shape index (κ1) is 41.8. The van der Waals surface area contributed by atoms with Crippen LogP contribution in [-0.2, 0) is 10.8 Å². The largest absolute Gasteiger partial charge is 0.308 e. The summed E-state index contributed by atoms with van der Waals surface area (Å²) in [5.41, 5.74) is 26.2. The number of nitrogens with zero attached hydrogens (tertiary/aromatic N) is 4. The lowest BCUT2D eigenvalue weighted by Crippen LogP contribution is -2.16. The maximum atomic E-state index is 5.39. The quantitative estimate of drug-likeness (QED) is 0.167. The van der Waals surface area contributed by atoms with Crippen molar-refractivity contribution in [3.8, 4) is 107 Å². The van der Waals surface area contributed by atoms with Gasteiger partial charge in [0.1, 0.15) is 0 Å². The maximum absolute atomic E-state index is 5.39. The van der Waals surface area contributed by atoms with E-state index in [2.05, 4.69) is 251 Å². The van der Waals surface area contributed by atoms with Gasteiger partial charge >= 0.3 is 0 Å². The molecule has 0 atom stereocenters. The fourth-order valence-electron chi connectivity index (χ4n) is 12.8. The predicted molar refractivity (Wildman–Crippen MR) is 301 cm³/mol. The second kappa shape index (κ2) is 15.3. The van der Waals surface area contributed by atoms with E-state index in [1.54, 1.807) is 0 Å². The summed E-state index contributed by atoms with van der Waals surface area (Å²) in [6.07, 6.45) is 0. The SMILES string of the molecule is CC1(C)c2ccccc2-c2ccc(-c3nc(-c4ccc(-c5ccc6c7c5C(C)(C)c5ccc8c9ccccc9n(c8c5-7)-c5ccccc5-6)cc4)nc(-c4cc(-c5ccccc5)cc(-c5ccccc5)c4)n3)cc21. The molecule has 0 saturated carbocycles. The molecular weight excluding hydrogens is 885 g/mol. The van der Waals surface area contributed by atoms with Gasteiger partial charge in [-0.25, -0.2) is 15.0 Å². The zero-order valence-electron chi connectivity index (χ0n) is 41.1. The number of aromatic nitrogens is 4. The van der Waals surface area contributed by atoms with E-state index in [1.807, 2.05) is 0 Å². The molecule has 4 heteroatoms. The fourth-order valence-corrected chi connectivity index (χ4v) is 12.8. The van der Waals surface area contributed by atoms with Crippen LogP contribution in [0.2, 0.25) is 0 Å². The average molecular weight is 933 g/mol. The van der Waals surface area contributed by atoms with Crippen LogP contribution < -0.4 is 0 Å². The molecule has 2 aliphatic carbocycles. The molecule has 1 aliphatic heterocycles. The molecular formula is C69H48N4. The van der Waals surface area contributed by atoms with Crippen LogP contribution in [0.15, 0.2) is 218 Å². The summed E-state index contributed by atoms with van der Waals surface area (Å²) in [6.45, 7) is 9.47. The molecule has 0 saturated heterocycles. The molecule has 0 N–H and O–H groups in total. The van der Waals surface area contributed by atoms with Crippen molar-refractivity contribution in [2.45, 2.75) is 38.5 Å².